The Balaban J connectivity index is 2.10. The second-order valence-electron chi connectivity index (χ2n) is 5.54. The zero-order valence-electron chi connectivity index (χ0n) is 12.1. The number of nitrogens with zero attached hydrogens (tertiary/aromatic N) is 2. The van der Waals surface area contributed by atoms with Crippen molar-refractivity contribution in [1.29, 1.82) is 0 Å². The van der Waals surface area contributed by atoms with E-state index in [-0.39, 0.29) is 10.6 Å². The lowest BCUT2D eigenvalue weighted by molar-refractivity contribution is -0.384. The first-order valence-corrected chi connectivity index (χ1v) is 8.56. The van der Waals surface area contributed by atoms with Crippen molar-refractivity contribution in [2.24, 2.45) is 5.92 Å². The van der Waals surface area contributed by atoms with Crippen LogP contribution in [0.3, 0.4) is 0 Å². The predicted molar refractivity (Wildman–Crippen MR) is 79.5 cm³/mol. The maximum absolute atomic E-state index is 12.4. The number of sulfonamides is 1. The molecule has 0 saturated heterocycles. The number of hydrogen-bond acceptors (Lipinski definition) is 4. The monoisotopic (exact) mass is 312 g/mol. The third kappa shape index (κ3) is 3.79. The second-order valence-corrected chi connectivity index (χ2v) is 7.59. The second kappa shape index (κ2) is 6.53. The van der Waals surface area contributed by atoms with Crippen LogP contribution in [0.4, 0.5) is 5.69 Å². The number of benzene rings is 1. The summed E-state index contributed by atoms with van der Waals surface area (Å²) in [6.45, 7) is 0.513. The van der Waals surface area contributed by atoms with E-state index < -0.39 is 14.9 Å². The zero-order valence-corrected chi connectivity index (χ0v) is 12.9. The Bertz CT molecular complexity index is 592. The van der Waals surface area contributed by atoms with E-state index >= 15 is 0 Å². The lowest BCUT2D eigenvalue weighted by atomic mass is 9.89. The Hall–Kier alpha value is -1.47. The first-order valence-electron chi connectivity index (χ1n) is 7.12. The first-order chi connectivity index (χ1) is 9.91. The van der Waals surface area contributed by atoms with Gasteiger partial charge in [-0.3, -0.25) is 10.1 Å². The molecule has 0 radical (unpaired) electrons. The van der Waals surface area contributed by atoms with E-state index in [2.05, 4.69) is 0 Å². The van der Waals surface area contributed by atoms with Crippen LogP contribution in [-0.2, 0) is 10.0 Å². The maximum Gasteiger partial charge on any atom is 0.269 e. The largest absolute Gasteiger partial charge is 0.269 e. The van der Waals surface area contributed by atoms with Gasteiger partial charge in [-0.15, -0.1) is 0 Å². The molecule has 2 rings (SSSR count). The molecule has 0 unspecified atom stereocenters. The van der Waals surface area contributed by atoms with E-state index in [0.717, 1.165) is 25.7 Å². The molecule has 1 fully saturated rings. The van der Waals surface area contributed by atoms with Crippen LogP contribution in [0.15, 0.2) is 29.2 Å². The van der Waals surface area contributed by atoms with Crippen LogP contribution in [0, 0.1) is 16.0 Å². The number of nitro groups is 1. The summed E-state index contributed by atoms with van der Waals surface area (Å²) in [6, 6.07) is 5.04. The summed E-state index contributed by atoms with van der Waals surface area (Å²) < 4.78 is 26.3. The summed E-state index contributed by atoms with van der Waals surface area (Å²) in [6.07, 6.45) is 5.70. The van der Waals surface area contributed by atoms with E-state index in [4.69, 9.17) is 0 Å². The third-order valence-corrected chi connectivity index (χ3v) is 5.83. The topological polar surface area (TPSA) is 80.5 Å². The van der Waals surface area contributed by atoms with Crippen LogP contribution in [-0.4, -0.2) is 31.2 Å². The first kappa shape index (κ1) is 15.9. The molecule has 0 aromatic heterocycles. The number of hydrogen-bond donors (Lipinski definition) is 0. The molecule has 0 N–H and O–H groups in total. The van der Waals surface area contributed by atoms with Gasteiger partial charge in [-0.05, 0) is 30.9 Å². The Kier molecular flexibility index (Phi) is 4.95. The number of nitro benzene ring substituents is 1. The fourth-order valence-corrected chi connectivity index (χ4v) is 4.00. The SMILES string of the molecule is CN(CC1CCCCC1)S(=O)(=O)c1ccc([N+](=O)[O-])cc1. The van der Waals surface area contributed by atoms with Crippen LogP contribution in [0.1, 0.15) is 32.1 Å². The lowest BCUT2D eigenvalue weighted by Gasteiger charge is -2.26. The molecule has 6 nitrogen and oxygen atoms in total. The van der Waals surface area contributed by atoms with Gasteiger partial charge in [0.25, 0.3) is 5.69 Å². The molecular weight excluding hydrogens is 292 g/mol. The zero-order chi connectivity index (χ0) is 15.5. The Morgan fingerprint density at radius 2 is 1.76 bits per heavy atom. The summed E-state index contributed by atoms with van der Waals surface area (Å²) in [5.41, 5.74) is -0.108. The van der Waals surface area contributed by atoms with Gasteiger partial charge in [0.1, 0.15) is 0 Å². The molecule has 1 aromatic rings. The highest BCUT2D eigenvalue weighted by molar-refractivity contribution is 7.89. The molecule has 0 amide bonds. The fourth-order valence-electron chi connectivity index (χ4n) is 2.75. The standard InChI is InChI=1S/C14H20N2O4S/c1-15(11-12-5-3-2-4-6-12)21(19,20)14-9-7-13(8-10-14)16(17)18/h7-10,12H,2-6,11H2,1H3. The van der Waals surface area contributed by atoms with E-state index in [1.165, 1.54) is 35.0 Å². The van der Waals surface area contributed by atoms with Crippen molar-refractivity contribution in [3.8, 4) is 0 Å². The molecule has 1 aliphatic rings. The van der Waals surface area contributed by atoms with Gasteiger partial charge in [0, 0.05) is 25.7 Å². The van der Waals surface area contributed by atoms with Gasteiger partial charge in [-0.1, -0.05) is 19.3 Å². The lowest BCUT2D eigenvalue weighted by Crippen LogP contribution is -2.32. The van der Waals surface area contributed by atoms with Gasteiger partial charge in [0.2, 0.25) is 10.0 Å². The minimum Gasteiger partial charge on any atom is -0.258 e. The molecule has 1 aromatic carbocycles. The van der Waals surface area contributed by atoms with Crippen molar-refractivity contribution in [3.05, 3.63) is 34.4 Å². The van der Waals surface area contributed by atoms with Crippen molar-refractivity contribution in [3.63, 3.8) is 0 Å². The van der Waals surface area contributed by atoms with Gasteiger partial charge in [-0.25, -0.2) is 12.7 Å². The minimum absolute atomic E-state index is 0.103. The van der Waals surface area contributed by atoms with Crippen LogP contribution in [0.25, 0.3) is 0 Å². The number of non-ortho nitro benzene ring substituents is 1. The van der Waals surface area contributed by atoms with Crippen molar-refractivity contribution < 1.29 is 13.3 Å². The molecule has 0 heterocycles. The van der Waals surface area contributed by atoms with Crippen LogP contribution in [0.5, 0.6) is 0 Å². The predicted octanol–water partition coefficient (Wildman–Crippen LogP) is 2.80. The van der Waals surface area contributed by atoms with Crippen LogP contribution < -0.4 is 0 Å². The van der Waals surface area contributed by atoms with Crippen LogP contribution in [0.2, 0.25) is 0 Å². The molecule has 0 aliphatic heterocycles. The highest BCUT2D eigenvalue weighted by Gasteiger charge is 2.25. The minimum atomic E-state index is -3.57. The molecule has 0 spiro atoms. The molecule has 1 aliphatic carbocycles. The molecule has 0 atom stereocenters. The fraction of sp³-hybridized carbons (Fsp3) is 0.571. The van der Waals surface area contributed by atoms with Crippen molar-refractivity contribution in [1.82, 2.24) is 4.31 Å². The van der Waals surface area contributed by atoms with E-state index in [1.807, 2.05) is 0 Å². The van der Waals surface area contributed by atoms with Gasteiger partial charge in [0.05, 0.1) is 9.82 Å². The summed E-state index contributed by atoms with van der Waals surface area (Å²) in [4.78, 5) is 10.2. The van der Waals surface area contributed by atoms with Gasteiger partial charge in [0.15, 0.2) is 0 Å². The van der Waals surface area contributed by atoms with E-state index in [9.17, 15) is 18.5 Å². The average Bonchev–Trinajstić information content (AvgIpc) is 2.48. The Labute approximate surface area is 125 Å². The highest BCUT2D eigenvalue weighted by Crippen LogP contribution is 2.26. The van der Waals surface area contributed by atoms with Crippen molar-refractivity contribution in [2.75, 3.05) is 13.6 Å². The molecular formula is C14H20N2O4S. The number of rotatable bonds is 5. The molecule has 116 valence electrons. The normalized spacial score (nSPS) is 17.0. The van der Waals surface area contributed by atoms with E-state index in [0.29, 0.717) is 12.5 Å². The van der Waals surface area contributed by atoms with Gasteiger partial charge in [-0.2, -0.15) is 0 Å². The van der Waals surface area contributed by atoms with Crippen molar-refractivity contribution >= 4 is 15.7 Å². The molecule has 0 bridgehead atoms. The molecule has 1 saturated carbocycles. The summed E-state index contributed by atoms with van der Waals surface area (Å²) >= 11 is 0. The van der Waals surface area contributed by atoms with Gasteiger partial charge >= 0.3 is 0 Å². The highest BCUT2D eigenvalue weighted by atomic mass is 32.2. The average molecular weight is 312 g/mol. The Morgan fingerprint density at radius 3 is 2.29 bits per heavy atom. The summed E-state index contributed by atoms with van der Waals surface area (Å²) in [7, 11) is -2.00. The van der Waals surface area contributed by atoms with Crippen LogP contribution >= 0.6 is 0 Å². The van der Waals surface area contributed by atoms with Crippen molar-refractivity contribution in [2.45, 2.75) is 37.0 Å². The quantitative estimate of drug-likeness (QED) is 0.618. The Morgan fingerprint density at radius 1 is 1.19 bits per heavy atom. The molecule has 7 heteroatoms. The van der Waals surface area contributed by atoms with Gasteiger partial charge < -0.3 is 0 Å². The summed E-state index contributed by atoms with van der Waals surface area (Å²) in [5, 5.41) is 10.6. The summed E-state index contributed by atoms with van der Waals surface area (Å²) in [5.74, 6) is 0.413. The third-order valence-electron chi connectivity index (χ3n) is 4.00. The van der Waals surface area contributed by atoms with E-state index in [1.54, 1.807) is 7.05 Å². The smallest absolute Gasteiger partial charge is 0.258 e. The molecule has 21 heavy (non-hydrogen) atoms. The maximum atomic E-state index is 12.4.